The van der Waals surface area contributed by atoms with Crippen molar-refractivity contribution in [1.82, 2.24) is 10.2 Å². The minimum Gasteiger partial charge on any atom is -0.399 e. The molecule has 0 radical (unpaired) electrons. The van der Waals surface area contributed by atoms with Crippen LogP contribution in [0.3, 0.4) is 0 Å². The molecule has 5 nitrogen and oxygen atoms in total. The maximum atomic E-state index is 11.9. The molecule has 0 spiro atoms. The van der Waals surface area contributed by atoms with E-state index in [1.54, 1.807) is 12.1 Å². The molecule has 0 aliphatic carbocycles. The molecule has 6 heteroatoms. The largest absolute Gasteiger partial charge is 0.399 e. The summed E-state index contributed by atoms with van der Waals surface area (Å²) < 4.78 is 0. The maximum Gasteiger partial charge on any atom is 0.252 e. The molecule has 0 bridgehead atoms. The van der Waals surface area contributed by atoms with Gasteiger partial charge in [0.25, 0.3) is 5.91 Å². The third-order valence-electron chi connectivity index (χ3n) is 3.32. The van der Waals surface area contributed by atoms with Crippen LogP contribution < -0.4 is 11.1 Å². The van der Waals surface area contributed by atoms with E-state index in [1.165, 1.54) is 6.07 Å². The summed E-state index contributed by atoms with van der Waals surface area (Å²) in [5.74, 6) is -0.224. The predicted octanol–water partition coefficient (Wildman–Crippen LogP) is 1.66. The standard InChI is InChI=1S/C14H18ClN3O2/c15-12-4-3-10(16)9-11(12)14(20)17-6-5-13(19)18-7-1-2-8-18/h3-4,9H,1-2,5-8,16H2,(H,17,20). The first kappa shape index (κ1) is 14.7. The summed E-state index contributed by atoms with van der Waals surface area (Å²) in [6.07, 6.45) is 2.44. The van der Waals surface area contributed by atoms with Gasteiger partial charge in [-0.3, -0.25) is 9.59 Å². The molecule has 1 heterocycles. The quantitative estimate of drug-likeness (QED) is 0.830. The van der Waals surface area contributed by atoms with Crippen LogP contribution >= 0.6 is 11.6 Å². The average Bonchev–Trinajstić information content (AvgIpc) is 2.95. The Kier molecular flexibility index (Phi) is 4.84. The Morgan fingerprint density at radius 2 is 2.00 bits per heavy atom. The van der Waals surface area contributed by atoms with Crippen molar-refractivity contribution in [2.24, 2.45) is 0 Å². The first-order chi connectivity index (χ1) is 9.58. The molecule has 0 aromatic heterocycles. The van der Waals surface area contributed by atoms with Gasteiger partial charge in [0.05, 0.1) is 10.6 Å². The predicted molar refractivity (Wildman–Crippen MR) is 78.6 cm³/mol. The number of anilines is 1. The van der Waals surface area contributed by atoms with E-state index in [0.717, 1.165) is 25.9 Å². The van der Waals surface area contributed by atoms with Gasteiger partial charge in [-0.2, -0.15) is 0 Å². The summed E-state index contributed by atoms with van der Waals surface area (Å²) in [4.78, 5) is 25.6. The molecule has 1 aromatic carbocycles. The zero-order valence-electron chi connectivity index (χ0n) is 11.2. The van der Waals surface area contributed by atoms with Gasteiger partial charge >= 0.3 is 0 Å². The Bertz CT molecular complexity index is 513. The van der Waals surface area contributed by atoms with Crippen molar-refractivity contribution in [2.75, 3.05) is 25.4 Å². The number of carbonyl (C=O) groups excluding carboxylic acids is 2. The van der Waals surface area contributed by atoms with E-state index in [2.05, 4.69) is 5.32 Å². The molecule has 2 amide bonds. The number of nitrogens with one attached hydrogen (secondary N) is 1. The van der Waals surface area contributed by atoms with E-state index in [0.29, 0.717) is 29.2 Å². The number of benzene rings is 1. The molecule has 108 valence electrons. The van der Waals surface area contributed by atoms with Gasteiger partial charge in [-0.15, -0.1) is 0 Å². The fourth-order valence-corrected chi connectivity index (χ4v) is 2.42. The third kappa shape index (κ3) is 3.63. The highest BCUT2D eigenvalue weighted by molar-refractivity contribution is 6.34. The molecule has 2 rings (SSSR count). The number of nitrogen functional groups attached to an aromatic ring is 1. The number of rotatable bonds is 4. The molecule has 1 aliphatic rings. The molecular formula is C14H18ClN3O2. The number of likely N-dealkylation sites (tertiary alicyclic amines) is 1. The second-order valence-corrected chi connectivity index (χ2v) is 5.24. The molecule has 20 heavy (non-hydrogen) atoms. The van der Waals surface area contributed by atoms with Gasteiger partial charge in [0.1, 0.15) is 0 Å². The van der Waals surface area contributed by atoms with Gasteiger partial charge in [-0.1, -0.05) is 11.6 Å². The Morgan fingerprint density at radius 3 is 2.70 bits per heavy atom. The molecule has 0 atom stereocenters. The number of nitrogens with two attached hydrogens (primary N) is 1. The Balaban J connectivity index is 1.83. The third-order valence-corrected chi connectivity index (χ3v) is 3.65. The number of hydrogen-bond acceptors (Lipinski definition) is 3. The maximum absolute atomic E-state index is 11.9. The zero-order chi connectivity index (χ0) is 14.5. The van der Waals surface area contributed by atoms with Crippen molar-refractivity contribution in [3.05, 3.63) is 28.8 Å². The van der Waals surface area contributed by atoms with Gasteiger partial charge in [-0.25, -0.2) is 0 Å². The van der Waals surface area contributed by atoms with E-state index < -0.39 is 0 Å². The lowest BCUT2D eigenvalue weighted by Crippen LogP contribution is -2.32. The second kappa shape index (κ2) is 6.61. The summed E-state index contributed by atoms with van der Waals surface area (Å²) in [7, 11) is 0. The molecule has 0 unspecified atom stereocenters. The number of hydrogen-bond donors (Lipinski definition) is 2. The fraction of sp³-hybridized carbons (Fsp3) is 0.429. The highest BCUT2D eigenvalue weighted by atomic mass is 35.5. The van der Waals surface area contributed by atoms with Crippen LogP contribution in [-0.2, 0) is 4.79 Å². The average molecular weight is 296 g/mol. The zero-order valence-corrected chi connectivity index (χ0v) is 11.9. The first-order valence-electron chi connectivity index (χ1n) is 6.69. The minimum atomic E-state index is -0.309. The van der Waals surface area contributed by atoms with Crippen molar-refractivity contribution in [3.63, 3.8) is 0 Å². The highest BCUT2D eigenvalue weighted by Gasteiger charge is 2.18. The van der Waals surface area contributed by atoms with Crippen LogP contribution in [-0.4, -0.2) is 36.3 Å². The summed E-state index contributed by atoms with van der Waals surface area (Å²) >= 11 is 5.94. The number of halogens is 1. The van der Waals surface area contributed by atoms with Crippen molar-refractivity contribution in [2.45, 2.75) is 19.3 Å². The van der Waals surface area contributed by atoms with Gasteiger partial charge in [0, 0.05) is 31.7 Å². The van der Waals surface area contributed by atoms with Gasteiger partial charge in [0.2, 0.25) is 5.91 Å². The van der Waals surface area contributed by atoms with Gasteiger partial charge < -0.3 is 16.0 Å². The van der Waals surface area contributed by atoms with Gasteiger partial charge in [0.15, 0.2) is 0 Å². The SMILES string of the molecule is Nc1ccc(Cl)c(C(=O)NCCC(=O)N2CCCC2)c1. The Labute approximate surface area is 123 Å². The first-order valence-corrected chi connectivity index (χ1v) is 7.07. The molecule has 0 saturated carbocycles. The lowest BCUT2D eigenvalue weighted by molar-refractivity contribution is -0.129. The van der Waals surface area contributed by atoms with Crippen LogP contribution in [0.2, 0.25) is 5.02 Å². The Hall–Kier alpha value is -1.75. The normalized spacial score (nSPS) is 14.3. The van der Waals surface area contributed by atoms with Crippen LogP contribution in [0.4, 0.5) is 5.69 Å². The molecule has 3 N–H and O–H groups in total. The molecule has 1 fully saturated rings. The summed E-state index contributed by atoms with van der Waals surface area (Å²) in [5, 5.41) is 3.04. The molecular weight excluding hydrogens is 278 g/mol. The lowest BCUT2D eigenvalue weighted by atomic mass is 10.2. The topological polar surface area (TPSA) is 75.4 Å². The van der Waals surface area contributed by atoms with Crippen LogP contribution in [0.15, 0.2) is 18.2 Å². The van der Waals surface area contributed by atoms with Crippen LogP contribution in [0.25, 0.3) is 0 Å². The second-order valence-electron chi connectivity index (χ2n) is 4.83. The van der Waals surface area contributed by atoms with E-state index in [4.69, 9.17) is 17.3 Å². The van der Waals surface area contributed by atoms with E-state index in [9.17, 15) is 9.59 Å². The number of nitrogens with zero attached hydrogens (tertiary/aromatic N) is 1. The van der Waals surface area contributed by atoms with E-state index in [-0.39, 0.29) is 11.8 Å². The minimum absolute atomic E-state index is 0.0847. The smallest absolute Gasteiger partial charge is 0.252 e. The monoisotopic (exact) mass is 295 g/mol. The summed E-state index contributed by atoms with van der Waals surface area (Å²) in [6, 6.07) is 4.75. The lowest BCUT2D eigenvalue weighted by Gasteiger charge is -2.15. The highest BCUT2D eigenvalue weighted by Crippen LogP contribution is 2.18. The van der Waals surface area contributed by atoms with Gasteiger partial charge in [-0.05, 0) is 31.0 Å². The van der Waals surface area contributed by atoms with E-state index in [1.807, 2.05) is 4.90 Å². The van der Waals surface area contributed by atoms with Crippen molar-refractivity contribution in [3.8, 4) is 0 Å². The molecule has 1 aromatic rings. The van der Waals surface area contributed by atoms with E-state index >= 15 is 0 Å². The molecule has 1 aliphatic heterocycles. The summed E-state index contributed by atoms with van der Waals surface area (Å²) in [6.45, 7) is 1.96. The number of amides is 2. The fourth-order valence-electron chi connectivity index (χ4n) is 2.22. The summed E-state index contributed by atoms with van der Waals surface area (Å²) in [5.41, 5.74) is 6.44. The number of carbonyl (C=O) groups is 2. The Morgan fingerprint density at radius 1 is 1.30 bits per heavy atom. The van der Waals surface area contributed by atoms with Crippen LogP contribution in [0.5, 0.6) is 0 Å². The van der Waals surface area contributed by atoms with Crippen molar-refractivity contribution < 1.29 is 9.59 Å². The van der Waals surface area contributed by atoms with Crippen molar-refractivity contribution in [1.29, 1.82) is 0 Å². The van der Waals surface area contributed by atoms with Crippen molar-refractivity contribution >= 4 is 29.1 Å². The van der Waals surface area contributed by atoms with Crippen LogP contribution in [0.1, 0.15) is 29.6 Å². The van der Waals surface area contributed by atoms with Crippen LogP contribution in [0, 0.1) is 0 Å². The molecule has 1 saturated heterocycles.